The van der Waals surface area contributed by atoms with E-state index in [1.54, 1.807) is 0 Å². The summed E-state index contributed by atoms with van der Waals surface area (Å²) in [5.41, 5.74) is 1.97. The largest absolute Gasteiger partial charge is 0.366 e. The standard InChI is InChI=1S/C31H40N2O3/c1-5-24-17-18-28-30(19-20-32(28)21-24)26-15-11-12-16-27(26)33(22-25-13-9-8-10-14-25)31(30,34)23(4)29(35-6-2)36-7-3/h8-18,24,28-29,34H,4-7,19-22H2,1-3H3/t24?,28-,30-,31?/m1/s1. The Morgan fingerprint density at radius 1 is 1.03 bits per heavy atom. The summed E-state index contributed by atoms with van der Waals surface area (Å²) in [5, 5.41) is 13.2. The normalized spacial score (nSPS) is 29.2. The average molecular weight is 489 g/mol. The van der Waals surface area contributed by atoms with Crippen molar-refractivity contribution in [3.05, 3.63) is 90.0 Å². The van der Waals surface area contributed by atoms with E-state index in [2.05, 4.69) is 84.0 Å². The Labute approximate surface area is 216 Å². The molecule has 5 rings (SSSR count). The number of fused-ring (bicyclic) bond motifs is 4. The number of rotatable bonds is 9. The summed E-state index contributed by atoms with van der Waals surface area (Å²) >= 11 is 0. The molecule has 0 aliphatic carbocycles. The summed E-state index contributed by atoms with van der Waals surface area (Å²) in [6.45, 7) is 14.2. The molecule has 2 aromatic rings. The van der Waals surface area contributed by atoms with E-state index < -0.39 is 17.4 Å². The molecule has 5 heteroatoms. The third-order valence-corrected chi connectivity index (χ3v) is 8.49. The molecule has 0 aromatic heterocycles. The zero-order chi connectivity index (χ0) is 25.3. The van der Waals surface area contributed by atoms with Crippen LogP contribution in [0.25, 0.3) is 0 Å². The van der Waals surface area contributed by atoms with Crippen molar-refractivity contribution in [3.63, 3.8) is 0 Å². The topological polar surface area (TPSA) is 45.2 Å². The average Bonchev–Trinajstić information content (AvgIpc) is 3.40. The van der Waals surface area contributed by atoms with Gasteiger partial charge in [-0.2, -0.15) is 0 Å². The number of hydrogen-bond acceptors (Lipinski definition) is 5. The molecular formula is C31H40N2O3. The van der Waals surface area contributed by atoms with Crippen LogP contribution in [-0.2, 0) is 21.4 Å². The van der Waals surface area contributed by atoms with Gasteiger partial charge in [0.25, 0.3) is 0 Å². The second-order valence-corrected chi connectivity index (χ2v) is 10.2. The number of para-hydroxylation sites is 1. The first-order valence-electron chi connectivity index (χ1n) is 13.5. The zero-order valence-electron chi connectivity index (χ0n) is 21.9. The molecule has 0 amide bonds. The first-order chi connectivity index (χ1) is 17.5. The maximum atomic E-state index is 13.2. The minimum atomic E-state index is -1.40. The van der Waals surface area contributed by atoms with Gasteiger partial charge in [-0.1, -0.05) is 74.2 Å². The van der Waals surface area contributed by atoms with E-state index in [-0.39, 0.29) is 6.04 Å². The molecule has 2 unspecified atom stereocenters. The van der Waals surface area contributed by atoms with Crippen LogP contribution in [-0.4, -0.2) is 54.4 Å². The maximum absolute atomic E-state index is 13.2. The van der Waals surface area contributed by atoms with Crippen molar-refractivity contribution in [2.45, 2.75) is 63.6 Å². The van der Waals surface area contributed by atoms with Crippen LogP contribution in [0.3, 0.4) is 0 Å². The summed E-state index contributed by atoms with van der Waals surface area (Å²) in [4.78, 5) is 4.72. The Hall–Kier alpha value is -2.44. The highest BCUT2D eigenvalue weighted by Gasteiger charge is 2.69. The van der Waals surface area contributed by atoms with E-state index >= 15 is 0 Å². The number of aliphatic hydroxyl groups is 1. The maximum Gasteiger partial charge on any atom is 0.184 e. The summed E-state index contributed by atoms with van der Waals surface area (Å²) < 4.78 is 12.1. The number of benzene rings is 2. The Morgan fingerprint density at radius 3 is 2.42 bits per heavy atom. The first-order valence-corrected chi connectivity index (χ1v) is 13.5. The lowest BCUT2D eigenvalue weighted by molar-refractivity contribution is -0.139. The smallest absolute Gasteiger partial charge is 0.184 e. The van der Waals surface area contributed by atoms with E-state index in [1.807, 2.05) is 19.9 Å². The van der Waals surface area contributed by atoms with Crippen LogP contribution >= 0.6 is 0 Å². The van der Waals surface area contributed by atoms with Crippen LogP contribution in [0.15, 0.2) is 78.9 Å². The van der Waals surface area contributed by atoms with Gasteiger partial charge in [-0.05, 0) is 56.3 Å². The minimum Gasteiger partial charge on any atom is -0.366 e. The Morgan fingerprint density at radius 2 is 1.72 bits per heavy atom. The number of nitrogens with zero attached hydrogens (tertiary/aromatic N) is 2. The van der Waals surface area contributed by atoms with E-state index in [0.717, 1.165) is 37.2 Å². The Balaban J connectivity index is 1.70. The van der Waals surface area contributed by atoms with E-state index in [1.165, 1.54) is 5.56 Å². The summed E-state index contributed by atoms with van der Waals surface area (Å²) in [6.07, 6.45) is 5.97. The molecule has 36 heavy (non-hydrogen) atoms. The van der Waals surface area contributed by atoms with E-state index in [4.69, 9.17) is 9.47 Å². The lowest BCUT2D eigenvalue weighted by atomic mass is 9.65. The fourth-order valence-corrected chi connectivity index (χ4v) is 6.80. The van der Waals surface area contributed by atoms with Crippen molar-refractivity contribution < 1.29 is 14.6 Å². The van der Waals surface area contributed by atoms with Gasteiger partial charge in [0, 0.05) is 43.6 Å². The van der Waals surface area contributed by atoms with Crippen LogP contribution < -0.4 is 4.90 Å². The minimum absolute atomic E-state index is 0.0628. The van der Waals surface area contributed by atoms with Gasteiger partial charge in [0.1, 0.15) is 0 Å². The van der Waals surface area contributed by atoms with Gasteiger partial charge >= 0.3 is 0 Å². The SMILES string of the molecule is C=C(C(OCC)OCC)C1(O)N(Cc2ccccc2)c2ccccc2[C@@]12CCN1CC(CC)C=C[C@@H]12. The van der Waals surface area contributed by atoms with Gasteiger partial charge in [0.2, 0.25) is 0 Å². The van der Waals surface area contributed by atoms with Crippen molar-refractivity contribution in [3.8, 4) is 0 Å². The zero-order valence-corrected chi connectivity index (χ0v) is 21.9. The van der Waals surface area contributed by atoms with Gasteiger partial charge in [-0.25, -0.2) is 0 Å². The number of ether oxygens (including phenoxy) is 2. The van der Waals surface area contributed by atoms with Crippen LogP contribution in [0.1, 0.15) is 44.7 Å². The molecule has 0 radical (unpaired) electrons. The molecule has 5 nitrogen and oxygen atoms in total. The molecular weight excluding hydrogens is 448 g/mol. The molecule has 1 fully saturated rings. The van der Waals surface area contributed by atoms with Gasteiger partial charge in [0.15, 0.2) is 12.0 Å². The van der Waals surface area contributed by atoms with Crippen LogP contribution in [0.4, 0.5) is 5.69 Å². The predicted octanol–water partition coefficient (Wildman–Crippen LogP) is 5.26. The van der Waals surface area contributed by atoms with Crippen LogP contribution in [0.2, 0.25) is 0 Å². The molecule has 0 bridgehead atoms. The van der Waals surface area contributed by atoms with Crippen molar-refractivity contribution >= 4 is 5.69 Å². The Bertz CT molecular complexity index is 1100. The monoisotopic (exact) mass is 488 g/mol. The van der Waals surface area contributed by atoms with E-state index in [0.29, 0.717) is 31.2 Å². The molecule has 0 saturated carbocycles. The molecule has 1 spiro atoms. The third kappa shape index (κ3) is 3.76. The summed E-state index contributed by atoms with van der Waals surface area (Å²) in [6, 6.07) is 18.9. The third-order valence-electron chi connectivity index (χ3n) is 8.49. The highest BCUT2D eigenvalue weighted by atomic mass is 16.7. The quantitative estimate of drug-likeness (QED) is 0.385. The van der Waals surface area contributed by atoms with Gasteiger partial charge < -0.3 is 19.5 Å². The number of anilines is 1. The van der Waals surface area contributed by atoms with Gasteiger partial charge in [-0.15, -0.1) is 0 Å². The molecule has 2 aromatic carbocycles. The van der Waals surface area contributed by atoms with Crippen molar-refractivity contribution in [2.24, 2.45) is 5.92 Å². The second kappa shape index (κ2) is 10.1. The number of hydrogen-bond donors (Lipinski definition) is 1. The lowest BCUT2D eigenvalue weighted by Crippen LogP contribution is -2.65. The highest BCUT2D eigenvalue weighted by Crippen LogP contribution is 2.61. The van der Waals surface area contributed by atoms with Crippen LogP contribution in [0.5, 0.6) is 0 Å². The molecule has 3 heterocycles. The fourth-order valence-electron chi connectivity index (χ4n) is 6.80. The second-order valence-electron chi connectivity index (χ2n) is 10.2. The molecule has 1 N–H and O–H groups in total. The Kier molecular flexibility index (Phi) is 7.10. The molecule has 3 aliphatic heterocycles. The molecule has 1 saturated heterocycles. The molecule has 3 aliphatic rings. The van der Waals surface area contributed by atoms with Crippen molar-refractivity contribution in [1.29, 1.82) is 0 Å². The summed E-state index contributed by atoms with van der Waals surface area (Å²) in [7, 11) is 0. The highest BCUT2D eigenvalue weighted by molar-refractivity contribution is 5.71. The molecule has 192 valence electrons. The van der Waals surface area contributed by atoms with E-state index in [9.17, 15) is 5.11 Å². The predicted molar refractivity (Wildman–Crippen MR) is 145 cm³/mol. The first kappa shape index (κ1) is 25.2. The van der Waals surface area contributed by atoms with Crippen LogP contribution in [0, 0.1) is 5.92 Å². The summed E-state index contributed by atoms with van der Waals surface area (Å²) in [5.74, 6) is 0.546. The fraction of sp³-hybridized carbons (Fsp3) is 0.484. The van der Waals surface area contributed by atoms with Gasteiger partial charge in [-0.3, -0.25) is 4.90 Å². The van der Waals surface area contributed by atoms with Gasteiger partial charge in [0.05, 0.1) is 5.41 Å². The lowest BCUT2D eigenvalue weighted by Gasteiger charge is -2.51. The van der Waals surface area contributed by atoms with Crippen molar-refractivity contribution in [2.75, 3.05) is 31.2 Å². The molecule has 4 atom stereocenters. The van der Waals surface area contributed by atoms with Crippen molar-refractivity contribution in [1.82, 2.24) is 4.90 Å².